The fourth-order valence-corrected chi connectivity index (χ4v) is 19.3. The Bertz CT molecular complexity index is 1830. The van der Waals surface area contributed by atoms with Crippen LogP contribution in [0, 0.1) is 5.92 Å². The summed E-state index contributed by atoms with van der Waals surface area (Å²) in [6.45, 7) is 17.5. The number of benzene rings is 4. The summed E-state index contributed by atoms with van der Waals surface area (Å²) in [7, 11) is -5.92. The maximum absolute atomic E-state index is 13.2. The van der Waals surface area contributed by atoms with E-state index in [4.69, 9.17) is 18.3 Å². The van der Waals surface area contributed by atoms with Gasteiger partial charge in [0.2, 0.25) is 0 Å². The summed E-state index contributed by atoms with van der Waals surface area (Å²) < 4.78 is 27.1. The van der Waals surface area contributed by atoms with Crippen molar-refractivity contribution >= 4 is 37.4 Å². The highest BCUT2D eigenvalue weighted by atomic mass is 28.4. The Labute approximate surface area is 390 Å². The zero-order valence-electron chi connectivity index (χ0n) is 40.5. The molecule has 1 aliphatic rings. The maximum atomic E-state index is 13.2. The topological polar surface area (TPSA) is 77.4 Å². The van der Waals surface area contributed by atoms with E-state index in [0.717, 1.165) is 62.1 Å². The molecule has 0 spiro atoms. The van der Waals surface area contributed by atoms with Crippen LogP contribution < -0.4 is 20.7 Å². The van der Waals surface area contributed by atoms with Crippen LogP contribution in [0.25, 0.3) is 0 Å². The lowest BCUT2D eigenvalue weighted by Gasteiger charge is -2.46. The molecule has 0 aliphatic carbocycles. The van der Waals surface area contributed by atoms with E-state index in [1.165, 1.54) is 48.9 Å². The monoisotopic (exact) mass is 907 g/mol. The van der Waals surface area contributed by atoms with Gasteiger partial charge in [-0.3, -0.25) is 0 Å². The molecule has 2 N–H and O–H groups in total. The van der Waals surface area contributed by atoms with Crippen LogP contribution in [0.2, 0.25) is 10.1 Å². The summed E-state index contributed by atoms with van der Waals surface area (Å²) in [6, 6.07) is 42.5. The molecule has 0 radical (unpaired) electrons. The molecule has 8 heteroatoms. The van der Waals surface area contributed by atoms with Gasteiger partial charge in [0.15, 0.2) is 5.79 Å². The van der Waals surface area contributed by atoms with Gasteiger partial charge in [-0.25, -0.2) is 0 Å². The smallest absolute Gasteiger partial charge is 0.261 e. The van der Waals surface area contributed by atoms with Gasteiger partial charge in [0, 0.05) is 31.8 Å². The van der Waals surface area contributed by atoms with E-state index >= 15 is 0 Å². The summed E-state index contributed by atoms with van der Waals surface area (Å²) in [6.07, 6.45) is 18.0. The predicted molar refractivity (Wildman–Crippen MR) is 272 cm³/mol. The Kier molecular flexibility index (Phi) is 19.9. The summed E-state index contributed by atoms with van der Waals surface area (Å²) in [4.78, 5) is 0. The molecule has 1 saturated heterocycles. The van der Waals surface area contributed by atoms with E-state index in [-0.39, 0.29) is 29.1 Å². The molecule has 0 aromatic heterocycles. The SMILES string of the molecule is CCCCCC1(CCCCCCCC/C=C/[C@H](CO)[C@@](O)(CCO[Si](c2ccccc2)(c2ccccc2)C(C)(C)C)CO[Si](c2ccccc2)(c2ccccc2)C(C)(C)C)OCCO1. The molecule has 2 atom stereocenters. The summed E-state index contributed by atoms with van der Waals surface area (Å²) >= 11 is 0. The van der Waals surface area contributed by atoms with Crippen LogP contribution in [0.1, 0.15) is 132 Å². The van der Waals surface area contributed by atoms with Gasteiger partial charge >= 0.3 is 0 Å². The lowest BCUT2D eigenvalue weighted by atomic mass is 9.85. The average molecular weight is 907 g/mol. The van der Waals surface area contributed by atoms with Gasteiger partial charge in [-0.15, -0.1) is 0 Å². The number of ether oxygens (including phenoxy) is 2. The Morgan fingerprint density at radius 2 is 1.00 bits per heavy atom. The van der Waals surface area contributed by atoms with Crippen LogP contribution in [-0.2, 0) is 18.3 Å². The second kappa shape index (κ2) is 24.5. The highest BCUT2D eigenvalue weighted by Gasteiger charge is 2.53. The minimum absolute atomic E-state index is 0.0515. The zero-order valence-corrected chi connectivity index (χ0v) is 42.5. The highest BCUT2D eigenvalue weighted by Crippen LogP contribution is 2.40. The molecule has 5 rings (SSSR count). The first-order valence-electron chi connectivity index (χ1n) is 24.5. The fourth-order valence-electron chi connectivity index (χ4n) is 10.1. The molecular formula is C56H82O6Si2. The molecule has 6 nitrogen and oxygen atoms in total. The first-order chi connectivity index (χ1) is 30.8. The first kappa shape index (κ1) is 51.8. The molecule has 1 heterocycles. The molecule has 0 saturated carbocycles. The van der Waals surface area contributed by atoms with Gasteiger partial charge in [-0.05, 0) is 56.5 Å². The normalized spacial score (nSPS) is 16.3. The van der Waals surface area contributed by atoms with E-state index in [2.05, 4.69) is 170 Å². The molecule has 0 bridgehead atoms. The van der Waals surface area contributed by atoms with Gasteiger partial charge in [0.25, 0.3) is 16.6 Å². The Hall–Kier alpha value is -3.19. The van der Waals surface area contributed by atoms with E-state index < -0.39 is 28.2 Å². The molecule has 64 heavy (non-hydrogen) atoms. The van der Waals surface area contributed by atoms with Crippen LogP contribution in [0.15, 0.2) is 133 Å². The molecule has 0 amide bonds. The summed E-state index contributed by atoms with van der Waals surface area (Å²) in [5.41, 5.74) is -1.43. The number of hydrogen-bond donors (Lipinski definition) is 2. The van der Waals surface area contributed by atoms with Crippen molar-refractivity contribution in [2.45, 2.75) is 153 Å². The fraction of sp³-hybridized carbons (Fsp3) is 0.536. The first-order valence-corrected chi connectivity index (χ1v) is 28.4. The number of rotatable bonds is 27. The van der Waals surface area contributed by atoms with Crippen LogP contribution in [-0.4, -0.2) is 71.3 Å². The quantitative estimate of drug-likeness (QED) is 0.0353. The number of allylic oxidation sites excluding steroid dienone is 1. The largest absolute Gasteiger partial charge is 0.407 e. The van der Waals surface area contributed by atoms with Crippen molar-refractivity contribution in [2.24, 2.45) is 5.92 Å². The van der Waals surface area contributed by atoms with Crippen LogP contribution in [0.5, 0.6) is 0 Å². The maximum Gasteiger partial charge on any atom is 0.261 e. The van der Waals surface area contributed by atoms with Gasteiger partial charge < -0.3 is 28.5 Å². The van der Waals surface area contributed by atoms with E-state index in [9.17, 15) is 10.2 Å². The van der Waals surface area contributed by atoms with Crippen molar-refractivity contribution in [3.63, 3.8) is 0 Å². The van der Waals surface area contributed by atoms with Crippen LogP contribution >= 0.6 is 0 Å². The number of aliphatic hydroxyl groups excluding tert-OH is 1. The second-order valence-corrected chi connectivity index (χ2v) is 28.9. The van der Waals surface area contributed by atoms with Gasteiger partial charge in [0.1, 0.15) is 0 Å². The Morgan fingerprint density at radius 3 is 1.42 bits per heavy atom. The van der Waals surface area contributed by atoms with Crippen molar-refractivity contribution in [3.05, 3.63) is 133 Å². The van der Waals surface area contributed by atoms with E-state index in [0.29, 0.717) is 13.0 Å². The summed E-state index contributed by atoms with van der Waals surface area (Å²) in [5.74, 6) is -0.901. The number of aliphatic hydroxyl groups is 2. The zero-order chi connectivity index (χ0) is 46.0. The van der Waals surface area contributed by atoms with Gasteiger partial charge in [0.05, 0.1) is 32.0 Å². The number of hydrogen-bond acceptors (Lipinski definition) is 6. The van der Waals surface area contributed by atoms with Crippen molar-refractivity contribution in [2.75, 3.05) is 33.0 Å². The van der Waals surface area contributed by atoms with Crippen molar-refractivity contribution < 1.29 is 28.5 Å². The number of unbranched alkanes of at least 4 members (excludes halogenated alkanes) is 8. The Balaban J connectivity index is 1.35. The predicted octanol–water partition coefficient (Wildman–Crippen LogP) is 10.9. The molecule has 4 aromatic rings. The van der Waals surface area contributed by atoms with Crippen molar-refractivity contribution in [1.29, 1.82) is 0 Å². The van der Waals surface area contributed by atoms with Gasteiger partial charge in [-0.2, -0.15) is 0 Å². The molecular weight excluding hydrogens is 825 g/mol. The lowest BCUT2D eigenvalue weighted by Crippen LogP contribution is -2.68. The second-order valence-electron chi connectivity index (χ2n) is 20.3. The third-order valence-corrected chi connectivity index (χ3v) is 23.7. The average Bonchev–Trinajstić information content (AvgIpc) is 3.76. The minimum atomic E-state index is -3.02. The van der Waals surface area contributed by atoms with Crippen LogP contribution in [0.4, 0.5) is 0 Å². The van der Waals surface area contributed by atoms with E-state index in [1.807, 2.05) is 12.1 Å². The highest BCUT2D eigenvalue weighted by molar-refractivity contribution is 7.00. The molecule has 1 fully saturated rings. The lowest BCUT2D eigenvalue weighted by molar-refractivity contribution is -0.168. The van der Waals surface area contributed by atoms with Crippen molar-refractivity contribution in [3.8, 4) is 0 Å². The van der Waals surface area contributed by atoms with Crippen LogP contribution in [0.3, 0.4) is 0 Å². The van der Waals surface area contributed by atoms with E-state index in [1.54, 1.807) is 0 Å². The summed E-state index contributed by atoms with van der Waals surface area (Å²) in [5, 5.41) is 28.6. The minimum Gasteiger partial charge on any atom is -0.407 e. The molecule has 1 aliphatic heterocycles. The molecule has 0 unspecified atom stereocenters. The van der Waals surface area contributed by atoms with Gasteiger partial charge in [-0.1, -0.05) is 220 Å². The third-order valence-electron chi connectivity index (χ3n) is 13.6. The third kappa shape index (κ3) is 13.0. The standard InChI is InChI=1S/C56H82O6Si2/c1-8-9-29-40-56(59-44-45-60-56)41-30-15-13-11-10-12-14-20-31-48(46-57)55(58,47-62-64(54(5,6)7,51-36-25-18-26-37-51)52-38-27-19-28-39-52)42-43-61-63(53(2,3)4,49-32-21-16-22-33-49)50-34-23-17-24-35-50/h16-28,31-39,48,57-58H,8-15,29-30,40-47H2,1-7H3/b31-20+/t48-,55-/m1/s1. The van der Waals surface area contributed by atoms with Crippen molar-refractivity contribution in [1.82, 2.24) is 0 Å². The molecule has 350 valence electrons. The Morgan fingerprint density at radius 1 is 0.594 bits per heavy atom. The molecule has 4 aromatic carbocycles.